The third kappa shape index (κ3) is 4.95. The van der Waals surface area contributed by atoms with E-state index >= 15 is 0 Å². The van der Waals surface area contributed by atoms with Crippen LogP contribution in [-0.4, -0.2) is 28.1 Å². The van der Waals surface area contributed by atoms with Crippen LogP contribution in [0.25, 0.3) is 0 Å². The highest BCUT2D eigenvalue weighted by molar-refractivity contribution is 6.90. The maximum Gasteiger partial charge on any atom is 0.315 e. The van der Waals surface area contributed by atoms with Crippen LogP contribution in [0.15, 0.2) is 29.5 Å². The van der Waals surface area contributed by atoms with Gasteiger partial charge >= 0.3 is 5.97 Å². The molecule has 0 radical (unpaired) electrons. The summed E-state index contributed by atoms with van der Waals surface area (Å²) in [6, 6.07) is 6.64. The molecule has 1 atom stereocenters. The molecule has 0 fully saturated rings. The van der Waals surface area contributed by atoms with Crippen molar-refractivity contribution < 1.29 is 14.3 Å². The topological polar surface area (TPSA) is 43.4 Å². The molecule has 0 spiro atoms. The minimum atomic E-state index is -1.97. The number of rotatable bonds is 5. The first-order chi connectivity index (χ1) is 9.96. The number of benzene rings is 1. The van der Waals surface area contributed by atoms with E-state index in [2.05, 4.69) is 45.2 Å². The van der Waals surface area contributed by atoms with Crippen LogP contribution >= 0.6 is 11.6 Å². The molecule has 1 rings (SSSR count). The Kier molecular flexibility index (Phi) is 5.98. The zero-order valence-corrected chi connectivity index (χ0v) is 16.7. The molecule has 0 N–H and O–H groups in total. The van der Waals surface area contributed by atoms with Crippen molar-refractivity contribution in [2.24, 2.45) is 0 Å². The first kappa shape index (κ1) is 18.9. The van der Waals surface area contributed by atoms with Gasteiger partial charge in [-0.25, -0.2) is 4.79 Å². The molecule has 22 heavy (non-hydrogen) atoms. The molecule has 6 heteroatoms. The second kappa shape index (κ2) is 6.96. The van der Waals surface area contributed by atoms with Crippen molar-refractivity contribution >= 4 is 39.7 Å². The molecular weight excluding hydrogens is 332 g/mol. The molecule has 0 saturated carbocycles. The van der Waals surface area contributed by atoms with Gasteiger partial charge in [0.1, 0.15) is 11.7 Å². The van der Waals surface area contributed by atoms with Gasteiger partial charge in [0.25, 0.3) is 0 Å². The number of halogens is 1. The molecule has 0 bridgehead atoms. The summed E-state index contributed by atoms with van der Waals surface area (Å²) < 4.78 is 5.50. The minimum Gasteiger partial charge on any atom is -0.426 e. The van der Waals surface area contributed by atoms with Crippen LogP contribution in [0.2, 0.25) is 49.8 Å². The van der Waals surface area contributed by atoms with Crippen LogP contribution < -0.4 is 4.74 Å². The normalized spacial score (nSPS) is 13.2. The zero-order valence-electron chi connectivity index (χ0n) is 14.0. The van der Waals surface area contributed by atoms with Crippen molar-refractivity contribution in [1.82, 2.24) is 0 Å². The molecule has 0 heterocycles. The third-order valence-electron chi connectivity index (χ3n) is 3.34. The number of carbonyl (C=O) groups excluding carboxylic acids is 2. The molecule has 0 saturated heterocycles. The Balaban J connectivity index is 3.15. The molecule has 1 aromatic rings. The molecule has 0 aliphatic carbocycles. The highest BCUT2D eigenvalue weighted by Crippen LogP contribution is 2.35. The van der Waals surface area contributed by atoms with E-state index in [4.69, 9.17) is 16.3 Å². The van der Waals surface area contributed by atoms with Crippen molar-refractivity contribution in [3.05, 3.63) is 34.5 Å². The number of carbonyl (C=O) groups is 1. The standard InChI is InChI=1S/C16H23ClO3Si2/c1-21(2,3)14(11-18)15(22(4,5)6)16(19)20-13-9-7-12(17)8-10-13/h7-10,15H,1-6H3. The predicted octanol–water partition coefficient (Wildman–Crippen LogP) is 4.59. The highest BCUT2D eigenvalue weighted by Gasteiger charge is 2.43. The van der Waals surface area contributed by atoms with Gasteiger partial charge in [0.15, 0.2) is 0 Å². The Morgan fingerprint density at radius 2 is 1.59 bits per heavy atom. The van der Waals surface area contributed by atoms with Gasteiger partial charge in [0.05, 0.1) is 21.7 Å². The molecule has 120 valence electrons. The van der Waals surface area contributed by atoms with E-state index in [-0.39, 0.29) is 5.97 Å². The van der Waals surface area contributed by atoms with Gasteiger partial charge < -0.3 is 4.74 Å². The smallest absolute Gasteiger partial charge is 0.315 e. The second-order valence-corrected chi connectivity index (χ2v) is 18.2. The fourth-order valence-electron chi connectivity index (χ4n) is 2.23. The number of ether oxygens (including phenoxy) is 1. The highest BCUT2D eigenvalue weighted by atomic mass is 35.5. The lowest BCUT2D eigenvalue weighted by atomic mass is 10.3. The van der Waals surface area contributed by atoms with Gasteiger partial charge in [-0.3, -0.25) is 4.79 Å². The van der Waals surface area contributed by atoms with Gasteiger partial charge in [-0.2, -0.15) is 0 Å². The lowest BCUT2D eigenvalue weighted by Gasteiger charge is -2.32. The molecule has 1 unspecified atom stereocenters. The van der Waals surface area contributed by atoms with Gasteiger partial charge in [-0.15, -0.1) is 0 Å². The van der Waals surface area contributed by atoms with Crippen molar-refractivity contribution in [3.63, 3.8) is 0 Å². The van der Waals surface area contributed by atoms with Gasteiger partial charge in [-0.1, -0.05) is 50.9 Å². The lowest BCUT2D eigenvalue weighted by molar-refractivity contribution is -0.133. The zero-order chi connectivity index (χ0) is 17.1. The maximum absolute atomic E-state index is 12.7. The summed E-state index contributed by atoms with van der Waals surface area (Å²) in [6.07, 6.45) is 0. The lowest BCUT2D eigenvalue weighted by Crippen LogP contribution is -2.43. The molecule has 3 nitrogen and oxygen atoms in total. The van der Waals surface area contributed by atoms with E-state index in [0.29, 0.717) is 16.0 Å². The van der Waals surface area contributed by atoms with Crippen LogP contribution in [0, 0.1) is 0 Å². The Morgan fingerprint density at radius 1 is 1.09 bits per heavy atom. The maximum atomic E-state index is 12.7. The summed E-state index contributed by atoms with van der Waals surface area (Å²) in [5.74, 6) is 2.15. The van der Waals surface area contributed by atoms with Gasteiger partial charge in [-0.05, 0) is 24.3 Å². The number of hydrogen-bond donors (Lipinski definition) is 0. The molecule has 0 aliphatic rings. The summed E-state index contributed by atoms with van der Waals surface area (Å²) in [5.41, 5.74) is -0.465. The van der Waals surface area contributed by atoms with Crippen LogP contribution in [0.1, 0.15) is 0 Å². The summed E-state index contributed by atoms with van der Waals surface area (Å²) in [4.78, 5) is 24.2. The third-order valence-corrected chi connectivity index (χ3v) is 8.14. The minimum absolute atomic E-state index is 0.359. The average molecular weight is 355 g/mol. The van der Waals surface area contributed by atoms with Gasteiger partial charge in [0.2, 0.25) is 0 Å². The summed E-state index contributed by atoms with van der Waals surface area (Å²) >= 11 is 5.83. The first-order valence-corrected chi connectivity index (χ1v) is 14.6. The SMILES string of the molecule is C[Si](C)(C)C(=C=O)C(C(=O)Oc1ccc(Cl)cc1)[Si](C)(C)C. The predicted molar refractivity (Wildman–Crippen MR) is 96.7 cm³/mol. The average Bonchev–Trinajstić information content (AvgIpc) is 2.35. The van der Waals surface area contributed by atoms with E-state index in [1.165, 1.54) is 0 Å². The van der Waals surface area contributed by atoms with E-state index in [0.717, 1.165) is 0 Å². The largest absolute Gasteiger partial charge is 0.426 e. The van der Waals surface area contributed by atoms with Crippen molar-refractivity contribution in [3.8, 4) is 5.75 Å². The summed E-state index contributed by atoms with van der Waals surface area (Å²) in [5, 5.41) is 1.20. The van der Waals surface area contributed by atoms with Crippen LogP contribution in [0.4, 0.5) is 0 Å². The quantitative estimate of drug-likeness (QED) is 0.336. The number of esters is 1. The number of hydrogen-bond acceptors (Lipinski definition) is 3. The van der Waals surface area contributed by atoms with Crippen molar-refractivity contribution in [1.29, 1.82) is 0 Å². The van der Waals surface area contributed by atoms with E-state index in [1.807, 2.05) is 0 Å². The molecular formula is C16H23ClO3Si2. The Bertz CT molecular complexity index is 591. The van der Waals surface area contributed by atoms with E-state index < -0.39 is 21.7 Å². The Morgan fingerprint density at radius 3 is 1.95 bits per heavy atom. The Hall–Kier alpha value is -1.14. The summed E-state index contributed by atoms with van der Waals surface area (Å²) in [7, 11) is -3.92. The Labute approximate surface area is 139 Å². The fraction of sp³-hybridized carbons (Fsp3) is 0.438. The van der Waals surface area contributed by atoms with Crippen LogP contribution in [-0.2, 0) is 9.59 Å². The molecule has 0 aliphatic heterocycles. The first-order valence-electron chi connectivity index (χ1n) is 7.19. The van der Waals surface area contributed by atoms with Gasteiger partial charge in [0, 0.05) is 10.2 Å². The molecule has 0 amide bonds. The molecule has 0 aromatic heterocycles. The second-order valence-electron chi connectivity index (χ2n) is 7.44. The monoisotopic (exact) mass is 354 g/mol. The van der Waals surface area contributed by atoms with Crippen molar-refractivity contribution in [2.45, 2.75) is 44.8 Å². The van der Waals surface area contributed by atoms with E-state index in [1.54, 1.807) is 24.3 Å². The van der Waals surface area contributed by atoms with Crippen LogP contribution in [0.5, 0.6) is 5.75 Å². The fourth-order valence-corrected chi connectivity index (χ4v) is 7.93. The van der Waals surface area contributed by atoms with E-state index in [9.17, 15) is 9.59 Å². The molecule has 1 aromatic carbocycles. The van der Waals surface area contributed by atoms with Crippen LogP contribution in [0.3, 0.4) is 0 Å². The van der Waals surface area contributed by atoms with Crippen molar-refractivity contribution in [2.75, 3.05) is 0 Å². The summed E-state index contributed by atoms with van der Waals surface area (Å²) in [6.45, 7) is 12.4.